The van der Waals surface area contributed by atoms with Gasteiger partial charge in [-0.25, -0.2) is 4.39 Å². The third-order valence-electron chi connectivity index (χ3n) is 12.1. The van der Waals surface area contributed by atoms with E-state index in [0.29, 0.717) is 11.1 Å². The van der Waals surface area contributed by atoms with Gasteiger partial charge in [-0.15, -0.1) is 0 Å². The van der Waals surface area contributed by atoms with Crippen LogP contribution < -0.4 is 10.5 Å². The summed E-state index contributed by atoms with van der Waals surface area (Å²) in [7, 11) is 0.286. The molecule has 1 unspecified atom stereocenters. The fraction of sp³-hybridized carbons (Fsp3) is 0.319. The molecule has 1 heterocycles. The highest BCUT2D eigenvalue weighted by Gasteiger charge is 2.50. The summed E-state index contributed by atoms with van der Waals surface area (Å²) in [5.41, 5.74) is 7.12. The van der Waals surface area contributed by atoms with Crippen molar-refractivity contribution >= 4 is 51.3 Å². The Morgan fingerprint density at radius 3 is 2.31 bits per heavy atom. The van der Waals surface area contributed by atoms with E-state index >= 15 is 0 Å². The monoisotopic (exact) mass is 899 g/mol. The molecular formula is C47H46FNO14S. The molecule has 8 N–H and O–H groups in total. The van der Waals surface area contributed by atoms with E-state index in [9.17, 15) is 53.3 Å². The zero-order valence-electron chi connectivity index (χ0n) is 35.1. The van der Waals surface area contributed by atoms with Crippen molar-refractivity contribution in [1.29, 1.82) is 0 Å². The molecule has 0 radical (unpaired) electrons. The summed E-state index contributed by atoms with van der Waals surface area (Å²) in [5.74, 6) is -5.10. The van der Waals surface area contributed by atoms with E-state index in [1.165, 1.54) is 37.4 Å². The number of methoxy groups -OCH3 is 1. The molecule has 7 atom stereocenters. The van der Waals surface area contributed by atoms with Gasteiger partial charge in [-0.05, 0) is 83.7 Å². The lowest BCUT2D eigenvalue weighted by atomic mass is 9.72. The first-order valence-electron chi connectivity index (χ1n) is 20.2. The molecule has 8 rings (SSSR count). The normalized spacial score (nSPS) is 24.5. The van der Waals surface area contributed by atoms with Crippen molar-refractivity contribution in [1.82, 2.24) is 0 Å². The van der Waals surface area contributed by atoms with Crippen molar-refractivity contribution in [2.75, 3.05) is 20.0 Å². The van der Waals surface area contributed by atoms with Gasteiger partial charge in [0.2, 0.25) is 5.78 Å². The largest absolute Gasteiger partial charge is 0.507 e. The average molecular weight is 900 g/mol. The van der Waals surface area contributed by atoms with Crippen LogP contribution in [-0.2, 0) is 36.3 Å². The minimum Gasteiger partial charge on any atom is -0.507 e. The molecule has 4 aliphatic rings. The number of phenolic OH excluding ortho intramolecular Hbond substituents is 2. The maximum Gasteiger partial charge on any atom is 0.307 e. The summed E-state index contributed by atoms with van der Waals surface area (Å²) < 4.78 is 42.1. The molecular weight excluding hydrogens is 854 g/mol. The molecule has 0 bridgehead atoms. The number of carbonyl (C=O) groups is 4. The maximum absolute atomic E-state index is 13.7. The Labute approximate surface area is 368 Å². The van der Waals surface area contributed by atoms with E-state index < -0.39 is 112 Å². The number of fused-ring (bicyclic) bond motifs is 4. The van der Waals surface area contributed by atoms with E-state index in [4.69, 9.17) is 25.1 Å². The van der Waals surface area contributed by atoms with E-state index in [1.807, 2.05) is 25.1 Å². The van der Waals surface area contributed by atoms with Crippen LogP contribution >= 0.6 is 0 Å². The molecule has 64 heavy (non-hydrogen) atoms. The molecule has 336 valence electrons. The molecule has 0 amide bonds. The fourth-order valence-electron chi connectivity index (χ4n) is 8.81. The quantitative estimate of drug-likeness (QED) is 0.101. The Kier molecular flexibility index (Phi) is 12.9. The second kappa shape index (κ2) is 17.9. The van der Waals surface area contributed by atoms with Crippen molar-refractivity contribution in [3.63, 3.8) is 0 Å². The fourth-order valence-corrected chi connectivity index (χ4v) is 9.32. The lowest BCUT2D eigenvalue weighted by Crippen LogP contribution is -2.53. The van der Waals surface area contributed by atoms with E-state index in [-0.39, 0.29) is 46.7 Å². The molecule has 1 fully saturated rings. The van der Waals surface area contributed by atoms with Crippen LogP contribution in [0.25, 0.3) is 17.2 Å². The summed E-state index contributed by atoms with van der Waals surface area (Å²) in [6.45, 7) is 2.42. The Bertz CT molecular complexity index is 2680. The number of aliphatic hydroxyl groups is 3. The first-order valence-corrected chi connectivity index (χ1v) is 21.7. The SMILES string of the molecule is CC1=C(CC(=O)O)c2cc(F)ccc2/C1=C\c1ccc(S(C)=O)cc1.COc1cccc2c1C(=O)c1c(O)c3c(c(O)c1C2=O)C[C@@](O)(C(=O)CO)C[C@@H]3O[C@H]1C[C@H](N)[C@H](O)[C@H](C)O1. The lowest BCUT2D eigenvalue weighted by Gasteiger charge is -2.42. The number of ether oxygens (including phenoxy) is 3. The number of allylic oxidation sites excluding steroid dienone is 2. The number of aromatic hydroxyl groups is 2. The molecule has 4 aromatic carbocycles. The molecule has 0 spiro atoms. The predicted molar refractivity (Wildman–Crippen MR) is 230 cm³/mol. The molecule has 4 aromatic rings. The topological polar surface area (TPSA) is 260 Å². The highest BCUT2D eigenvalue weighted by Crippen LogP contribution is 2.53. The van der Waals surface area contributed by atoms with Gasteiger partial charge < -0.3 is 50.6 Å². The standard InChI is InChI=1S/C27H29NO11.C20H17FO3S/c1-10-22(31)13(28)6-17(38-10)39-15-8-27(36,16(30)9-29)7-12-19(15)26(35)21-20(24(12)33)23(32)11-4-3-5-14(37-2)18(11)25(21)34;1-12-17(9-13-3-6-15(7-4-13)25(2)24)16-8-5-14(21)10-19(16)18(12)11-20(22)23/h3-5,10,13,15,17,22,29,31,33,35-36H,6-9,28H2,1-2H3;3-10H,11H2,1-2H3,(H,22,23)/b;17-9-/t10-,13-,15-,17-,22+,27-;/m0./s1. The number of rotatable bonds is 9. The summed E-state index contributed by atoms with van der Waals surface area (Å²) in [5, 5.41) is 62.9. The minimum absolute atomic E-state index is 0.0173. The van der Waals surface area contributed by atoms with Gasteiger partial charge in [-0.3, -0.25) is 23.4 Å². The van der Waals surface area contributed by atoms with Crippen LogP contribution in [0.5, 0.6) is 17.2 Å². The maximum atomic E-state index is 13.7. The van der Waals surface area contributed by atoms with Crippen LogP contribution in [0.1, 0.15) is 98.9 Å². The van der Waals surface area contributed by atoms with Crippen molar-refractivity contribution in [3.8, 4) is 17.2 Å². The number of hydrogen-bond acceptors (Lipinski definition) is 14. The van der Waals surface area contributed by atoms with Crippen molar-refractivity contribution in [3.05, 3.63) is 122 Å². The second-order valence-electron chi connectivity index (χ2n) is 16.1. The van der Waals surface area contributed by atoms with Gasteiger partial charge in [-0.1, -0.05) is 30.3 Å². The molecule has 0 aromatic heterocycles. The zero-order chi connectivity index (χ0) is 46.5. The van der Waals surface area contributed by atoms with Crippen molar-refractivity contribution in [2.24, 2.45) is 5.73 Å². The van der Waals surface area contributed by atoms with Gasteiger partial charge in [0.1, 0.15) is 35.3 Å². The first kappa shape index (κ1) is 46.1. The molecule has 17 heteroatoms. The van der Waals surface area contributed by atoms with Crippen molar-refractivity contribution < 1.29 is 72.6 Å². The van der Waals surface area contributed by atoms with Crippen LogP contribution in [0.3, 0.4) is 0 Å². The molecule has 15 nitrogen and oxygen atoms in total. The molecule has 1 aliphatic heterocycles. The third kappa shape index (κ3) is 8.31. The van der Waals surface area contributed by atoms with Crippen LogP contribution in [0, 0.1) is 5.82 Å². The van der Waals surface area contributed by atoms with E-state index in [1.54, 1.807) is 31.4 Å². The van der Waals surface area contributed by atoms with E-state index in [0.717, 1.165) is 27.2 Å². The van der Waals surface area contributed by atoms with Gasteiger partial charge in [0.25, 0.3) is 0 Å². The highest BCUT2D eigenvalue weighted by molar-refractivity contribution is 7.84. The number of halogens is 1. The van der Waals surface area contributed by atoms with E-state index in [2.05, 4.69) is 0 Å². The Morgan fingerprint density at radius 1 is 1.00 bits per heavy atom. The highest BCUT2D eigenvalue weighted by atomic mass is 32.2. The number of aliphatic hydroxyl groups excluding tert-OH is 2. The van der Waals surface area contributed by atoms with Crippen LogP contribution in [0.2, 0.25) is 0 Å². The van der Waals surface area contributed by atoms with Crippen molar-refractivity contribution in [2.45, 2.75) is 80.7 Å². The number of carboxylic acid groups (broad SMARTS) is 1. The van der Waals surface area contributed by atoms with Gasteiger partial charge in [0.15, 0.2) is 17.9 Å². The number of aliphatic carboxylic acids is 1. The molecule has 1 saturated heterocycles. The summed E-state index contributed by atoms with van der Waals surface area (Å²) in [4.78, 5) is 51.7. The number of Topliss-reactive ketones (excluding diaryl/α,β-unsaturated/α-hetero) is 1. The number of benzene rings is 4. The summed E-state index contributed by atoms with van der Waals surface area (Å²) in [6, 6.07) is 15.4. The number of carbonyl (C=O) groups excluding carboxylic acids is 3. The number of hydrogen-bond donors (Lipinski definition) is 7. The number of carboxylic acids is 1. The van der Waals surface area contributed by atoms with Crippen LogP contribution in [0.15, 0.2) is 71.1 Å². The Balaban J connectivity index is 0.000000211. The number of ketones is 3. The van der Waals surface area contributed by atoms with Gasteiger partial charge >= 0.3 is 5.97 Å². The minimum atomic E-state index is -2.24. The van der Waals surface area contributed by atoms with Crippen LogP contribution in [-0.4, -0.2) is 108 Å². The first-order chi connectivity index (χ1) is 30.3. The summed E-state index contributed by atoms with van der Waals surface area (Å²) >= 11 is 0. The smallest absolute Gasteiger partial charge is 0.307 e. The van der Waals surface area contributed by atoms with Crippen LogP contribution in [0.4, 0.5) is 4.39 Å². The number of phenols is 2. The summed E-state index contributed by atoms with van der Waals surface area (Å²) in [6.07, 6.45) is -1.70. The zero-order valence-corrected chi connectivity index (χ0v) is 35.9. The second-order valence-corrected chi connectivity index (χ2v) is 17.5. The predicted octanol–water partition coefficient (Wildman–Crippen LogP) is 4.37. The lowest BCUT2D eigenvalue weighted by molar-refractivity contribution is -0.247. The Morgan fingerprint density at radius 2 is 1.69 bits per heavy atom. The van der Waals surface area contributed by atoms with Gasteiger partial charge in [0.05, 0.1) is 48.5 Å². The molecule has 0 saturated carbocycles. The average Bonchev–Trinajstić information content (AvgIpc) is 3.50. The number of nitrogens with two attached hydrogens (primary N) is 1. The Hall–Kier alpha value is -5.92. The van der Waals surface area contributed by atoms with Gasteiger partial charge in [-0.2, -0.15) is 0 Å². The third-order valence-corrected chi connectivity index (χ3v) is 13.0. The molecule has 3 aliphatic carbocycles. The van der Waals surface area contributed by atoms with Gasteiger partial charge in [0, 0.05) is 63.9 Å².